The topological polar surface area (TPSA) is 127 Å². The summed E-state index contributed by atoms with van der Waals surface area (Å²) in [6, 6.07) is 6.12. The maximum absolute atomic E-state index is 12.2. The van der Waals surface area contributed by atoms with Crippen LogP contribution in [-0.2, 0) is 4.79 Å². The van der Waals surface area contributed by atoms with Gasteiger partial charge >= 0.3 is 0 Å². The number of pyridine rings is 1. The number of benzene rings is 1. The fraction of sp³-hybridized carbons (Fsp3) is 0.269. The predicted molar refractivity (Wildman–Crippen MR) is 139 cm³/mol. The zero-order valence-corrected chi connectivity index (χ0v) is 19.7. The number of imidazole rings is 1. The van der Waals surface area contributed by atoms with Crippen molar-refractivity contribution in [1.82, 2.24) is 35.8 Å². The van der Waals surface area contributed by atoms with Gasteiger partial charge in [0.1, 0.15) is 11.2 Å². The van der Waals surface area contributed by atoms with Crippen molar-refractivity contribution in [2.24, 2.45) is 10.9 Å². The van der Waals surface area contributed by atoms with E-state index in [1.807, 2.05) is 31.6 Å². The van der Waals surface area contributed by atoms with E-state index in [1.54, 1.807) is 6.20 Å². The molecule has 7 rings (SSSR count). The molecule has 0 saturated heterocycles. The summed E-state index contributed by atoms with van der Waals surface area (Å²) in [6.45, 7) is 2.72. The second kappa shape index (κ2) is 8.04. The molecule has 1 saturated carbocycles. The lowest BCUT2D eigenvalue weighted by molar-refractivity contribution is -0.122. The van der Waals surface area contributed by atoms with E-state index >= 15 is 0 Å². The average molecular weight is 480 g/mol. The van der Waals surface area contributed by atoms with Gasteiger partial charge in [-0.25, -0.2) is 4.98 Å². The molecule has 1 amide bonds. The molecule has 5 heterocycles. The number of rotatable bonds is 5. The summed E-state index contributed by atoms with van der Waals surface area (Å²) in [5.41, 5.74) is 7.54. The van der Waals surface area contributed by atoms with Gasteiger partial charge in [-0.1, -0.05) is 6.07 Å². The predicted octanol–water partition coefficient (Wildman–Crippen LogP) is 3.44. The molecular weight excluding hydrogens is 454 g/mol. The van der Waals surface area contributed by atoms with Gasteiger partial charge in [0.15, 0.2) is 5.82 Å². The molecule has 36 heavy (non-hydrogen) atoms. The Hall–Kier alpha value is -4.47. The zero-order valence-electron chi connectivity index (χ0n) is 19.7. The molecule has 0 radical (unpaired) electrons. The minimum atomic E-state index is -0.0864. The van der Waals surface area contributed by atoms with Crippen molar-refractivity contribution in [2.45, 2.75) is 32.2 Å². The van der Waals surface area contributed by atoms with Gasteiger partial charge in [-0.05, 0) is 49.5 Å². The molecule has 3 aliphatic rings. The first-order chi connectivity index (χ1) is 17.6. The molecule has 3 aromatic heterocycles. The van der Waals surface area contributed by atoms with E-state index in [4.69, 9.17) is 4.98 Å². The minimum Gasteiger partial charge on any atom is -0.370 e. The lowest BCUT2D eigenvalue weighted by Crippen LogP contribution is -2.37. The Morgan fingerprint density at radius 1 is 1.19 bits per heavy atom. The third kappa shape index (κ3) is 3.62. The molecule has 1 aromatic carbocycles. The first kappa shape index (κ1) is 20.9. The van der Waals surface area contributed by atoms with Gasteiger partial charge in [0.2, 0.25) is 5.91 Å². The highest BCUT2D eigenvalue weighted by Crippen LogP contribution is 2.33. The Kier molecular flexibility index (Phi) is 4.66. The van der Waals surface area contributed by atoms with Gasteiger partial charge in [-0.3, -0.25) is 19.9 Å². The van der Waals surface area contributed by atoms with E-state index in [9.17, 15) is 4.79 Å². The second-order valence-corrected chi connectivity index (χ2v) is 9.64. The number of aromatic amines is 2. The molecule has 1 atom stereocenters. The normalized spacial score (nSPS) is 19.5. The SMILES string of the molecule is CC1=CN(c2cncc3[nH]c(-c4n[nH]c5ccc(C6=CN=CC(NC(=O)C7CC7)C6)cc45)nc23)CN1. The Balaban J connectivity index is 1.22. The number of fused-ring (bicyclic) bond motifs is 2. The number of carbonyl (C=O) groups is 1. The monoisotopic (exact) mass is 479 g/mol. The number of nitrogens with one attached hydrogen (secondary N) is 4. The Morgan fingerprint density at radius 3 is 2.94 bits per heavy atom. The van der Waals surface area contributed by atoms with E-state index in [2.05, 4.69) is 59.0 Å². The van der Waals surface area contributed by atoms with E-state index in [0.717, 1.165) is 63.0 Å². The Morgan fingerprint density at radius 2 is 2.11 bits per heavy atom. The van der Waals surface area contributed by atoms with Crippen LogP contribution in [0.3, 0.4) is 0 Å². The van der Waals surface area contributed by atoms with Gasteiger partial charge in [0.05, 0.1) is 41.8 Å². The lowest BCUT2D eigenvalue weighted by atomic mass is 9.96. The van der Waals surface area contributed by atoms with Gasteiger partial charge in [-0.2, -0.15) is 5.10 Å². The number of aromatic nitrogens is 5. The van der Waals surface area contributed by atoms with Crippen LogP contribution in [0, 0.1) is 5.92 Å². The lowest BCUT2D eigenvalue weighted by Gasteiger charge is -2.19. The number of aliphatic imine (C=N–C) groups is 1. The Labute approximate surface area is 206 Å². The van der Waals surface area contributed by atoms with E-state index < -0.39 is 0 Å². The third-order valence-electron chi connectivity index (χ3n) is 6.93. The quantitative estimate of drug-likeness (QED) is 0.347. The molecule has 1 fully saturated rings. The van der Waals surface area contributed by atoms with Crippen molar-refractivity contribution < 1.29 is 4.79 Å². The van der Waals surface area contributed by atoms with Gasteiger partial charge in [0, 0.05) is 35.6 Å². The van der Waals surface area contributed by atoms with Crippen LogP contribution in [0.4, 0.5) is 5.69 Å². The number of anilines is 1. The summed E-state index contributed by atoms with van der Waals surface area (Å²) in [5.74, 6) is 0.994. The summed E-state index contributed by atoms with van der Waals surface area (Å²) in [4.78, 5) is 31.5. The van der Waals surface area contributed by atoms with Crippen molar-refractivity contribution in [2.75, 3.05) is 11.6 Å². The average Bonchev–Trinajstić information content (AvgIpc) is 3.30. The highest BCUT2D eigenvalue weighted by atomic mass is 16.2. The van der Waals surface area contributed by atoms with Gasteiger partial charge in [0.25, 0.3) is 0 Å². The van der Waals surface area contributed by atoms with Gasteiger partial charge in [-0.15, -0.1) is 0 Å². The van der Waals surface area contributed by atoms with Crippen LogP contribution >= 0.6 is 0 Å². The summed E-state index contributed by atoms with van der Waals surface area (Å²) >= 11 is 0. The second-order valence-electron chi connectivity index (χ2n) is 9.64. The third-order valence-corrected chi connectivity index (χ3v) is 6.93. The van der Waals surface area contributed by atoms with Crippen LogP contribution in [-0.4, -0.2) is 50.0 Å². The number of amides is 1. The fourth-order valence-electron chi connectivity index (χ4n) is 4.83. The van der Waals surface area contributed by atoms with Crippen molar-refractivity contribution in [3.05, 3.63) is 54.3 Å². The number of hydrogen-bond acceptors (Lipinski definition) is 7. The molecule has 1 aliphatic carbocycles. The molecular formula is C26H25N9O. The minimum absolute atomic E-state index is 0.0864. The number of H-pyrrole nitrogens is 2. The summed E-state index contributed by atoms with van der Waals surface area (Å²) < 4.78 is 0. The number of nitrogens with zero attached hydrogens (tertiary/aromatic N) is 5. The molecule has 180 valence electrons. The van der Waals surface area contributed by atoms with Crippen molar-refractivity contribution in [3.8, 4) is 11.5 Å². The largest absolute Gasteiger partial charge is 0.370 e. The molecule has 4 N–H and O–H groups in total. The van der Waals surface area contributed by atoms with Crippen molar-refractivity contribution >= 4 is 45.3 Å². The molecule has 0 bridgehead atoms. The summed E-state index contributed by atoms with van der Waals surface area (Å²) in [6.07, 6.45) is 12.1. The smallest absolute Gasteiger partial charge is 0.223 e. The number of allylic oxidation sites excluding steroid dienone is 1. The van der Waals surface area contributed by atoms with E-state index in [1.165, 1.54) is 0 Å². The molecule has 2 aliphatic heterocycles. The summed E-state index contributed by atoms with van der Waals surface area (Å²) in [7, 11) is 0. The maximum atomic E-state index is 12.2. The maximum Gasteiger partial charge on any atom is 0.223 e. The van der Waals surface area contributed by atoms with Crippen LogP contribution in [0.2, 0.25) is 0 Å². The van der Waals surface area contributed by atoms with Crippen LogP contribution in [0.5, 0.6) is 0 Å². The molecule has 10 heteroatoms. The van der Waals surface area contributed by atoms with E-state index in [-0.39, 0.29) is 17.9 Å². The highest BCUT2D eigenvalue weighted by Gasteiger charge is 2.31. The summed E-state index contributed by atoms with van der Waals surface area (Å²) in [5, 5.41) is 15.1. The number of hydrogen-bond donors (Lipinski definition) is 4. The first-order valence-corrected chi connectivity index (χ1v) is 12.2. The molecule has 10 nitrogen and oxygen atoms in total. The van der Waals surface area contributed by atoms with Crippen LogP contribution < -0.4 is 15.5 Å². The number of carbonyl (C=O) groups excluding carboxylic acids is 1. The first-order valence-electron chi connectivity index (χ1n) is 12.2. The van der Waals surface area contributed by atoms with Crippen LogP contribution in [0.15, 0.2) is 53.7 Å². The Bertz CT molecular complexity index is 1600. The van der Waals surface area contributed by atoms with Crippen molar-refractivity contribution in [1.29, 1.82) is 0 Å². The highest BCUT2D eigenvalue weighted by molar-refractivity contribution is 5.97. The zero-order chi connectivity index (χ0) is 24.2. The van der Waals surface area contributed by atoms with Crippen LogP contribution in [0.25, 0.3) is 39.0 Å². The van der Waals surface area contributed by atoms with Gasteiger partial charge < -0.3 is 20.5 Å². The fourth-order valence-corrected chi connectivity index (χ4v) is 4.83. The molecule has 4 aromatic rings. The molecule has 0 spiro atoms. The van der Waals surface area contributed by atoms with E-state index in [0.29, 0.717) is 18.9 Å². The standard InChI is InChI=1S/C26H25N9O/c1-14-12-35(13-29-14)22-11-28-10-21-24(22)32-25(31-21)23-19-7-16(4-5-20(19)33-34-23)17-6-18(9-27-8-17)30-26(36)15-2-3-15/h4-5,7-12,15,18,29H,2-3,6,13H2,1H3,(H,30,36)(H,31,32)(H,33,34). The van der Waals surface area contributed by atoms with Crippen molar-refractivity contribution in [3.63, 3.8) is 0 Å². The molecule has 1 unspecified atom stereocenters. The van der Waals surface area contributed by atoms with Crippen LogP contribution in [0.1, 0.15) is 31.7 Å².